The van der Waals surface area contributed by atoms with E-state index in [0.717, 1.165) is 5.56 Å². The normalized spacial score (nSPS) is 15.4. The second-order valence-corrected chi connectivity index (χ2v) is 10.3. The zero-order valence-corrected chi connectivity index (χ0v) is 13.6. The van der Waals surface area contributed by atoms with E-state index < -0.39 is 13.9 Å². The van der Waals surface area contributed by atoms with Gasteiger partial charge in [-0.05, 0) is 44.6 Å². The lowest BCUT2D eigenvalue weighted by Crippen LogP contribution is -2.45. The molecule has 1 aromatic carbocycles. The van der Waals surface area contributed by atoms with Crippen LogP contribution in [0.1, 0.15) is 25.8 Å². The molecule has 0 spiro atoms. The van der Waals surface area contributed by atoms with E-state index in [2.05, 4.69) is 19.6 Å². The fourth-order valence-corrected chi connectivity index (χ4v) is 3.48. The van der Waals surface area contributed by atoms with Crippen LogP contribution >= 0.6 is 0 Å². The van der Waals surface area contributed by atoms with Gasteiger partial charge in [-0.2, -0.15) is 0 Å². The Hall–Kier alpha value is -1.19. The summed E-state index contributed by atoms with van der Waals surface area (Å²) in [6, 6.07) is 9.84. The summed E-state index contributed by atoms with van der Waals surface area (Å²) in [4.78, 5) is 12.4. The van der Waals surface area contributed by atoms with Crippen LogP contribution in [0.5, 0.6) is 0 Å². The summed E-state index contributed by atoms with van der Waals surface area (Å²) < 4.78 is 6.06. The zero-order chi connectivity index (χ0) is 14.5. The van der Waals surface area contributed by atoms with Gasteiger partial charge in [0.25, 0.3) is 0 Å². The molecule has 0 aliphatic heterocycles. The Bertz CT molecular complexity index is 446. The van der Waals surface area contributed by atoms with Gasteiger partial charge < -0.3 is 4.43 Å². The minimum Gasteiger partial charge on any atom is -0.405 e. The lowest BCUT2D eigenvalue weighted by molar-refractivity contribution is -0.128. The van der Waals surface area contributed by atoms with Crippen molar-refractivity contribution in [2.45, 2.75) is 45.5 Å². The van der Waals surface area contributed by atoms with Crippen LogP contribution in [-0.4, -0.2) is 19.7 Å². The largest absolute Gasteiger partial charge is 0.405 e. The standard InChI is InChI=1S/C16H24O2Si/c1-6-16(2,18-19(3,4)5)15(17)13-12-14-10-8-7-9-11-14/h7-13H,6H2,1-5H3/b13-12+. The van der Waals surface area contributed by atoms with Crippen LogP contribution in [0.4, 0.5) is 0 Å². The van der Waals surface area contributed by atoms with Gasteiger partial charge in [-0.1, -0.05) is 43.3 Å². The smallest absolute Gasteiger partial charge is 0.186 e. The number of hydrogen-bond donors (Lipinski definition) is 0. The first-order valence-corrected chi connectivity index (χ1v) is 10.2. The Balaban J connectivity index is 2.82. The molecule has 1 atom stereocenters. The molecule has 104 valence electrons. The summed E-state index contributed by atoms with van der Waals surface area (Å²) in [5.74, 6) is 0.0429. The van der Waals surface area contributed by atoms with Gasteiger partial charge in [-0.15, -0.1) is 0 Å². The fraction of sp³-hybridized carbons (Fsp3) is 0.438. The molecule has 0 N–H and O–H groups in total. The summed E-state index contributed by atoms with van der Waals surface area (Å²) in [7, 11) is -1.74. The van der Waals surface area contributed by atoms with Gasteiger partial charge in [0.05, 0.1) is 0 Å². The summed E-state index contributed by atoms with van der Waals surface area (Å²) in [5, 5.41) is 0. The average molecular weight is 276 g/mol. The quantitative estimate of drug-likeness (QED) is 0.572. The van der Waals surface area contributed by atoms with Gasteiger partial charge in [-0.25, -0.2) is 0 Å². The Kier molecular flexibility index (Phi) is 5.26. The maximum Gasteiger partial charge on any atom is 0.186 e. The topological polar surface area (TPSA) is 26.3 Å². The van der Waals surface area contributed by atoms with Crippen LogP contribution in [0.3, 0.4) is 0 Å². The lowest BCUT2D eigenvalue weighted by atomic mass is 9.97. The molecule has 0 aromatic heterocycles. The first kappa shape index (κ1) is 15.9. The highest BCUT2D eigenvalue weighted by Gasteiger charge is 2.35. The van der Waals surface area contributed by atoms with Crippen LogP contribution < -0.4 is 0 Å². The SMILES string of the molecule is CCC(C)(O[Si](C)(C)C)C(=O)/C=C/c1ccccc1. The van der Waals surface area contributed by atoms with Crippen molar-refractivity contribution >= 4 is 20.2 Å². The molecule has 0 aliphatic rings. The van der Waals surface area contributed by atoms with Gasteiger partial charge in [-0.3, -0.25) is 4.79 Å². The van der Waals surface area contributed by atoms with E-state index in [1.165, 1.54) is 0 Å². The number of carbonyl (C=O) groups is 1. The Morgan fingerprint density at radius 2 is 1.84 bits per heavy atom. The number of carbonyl (C=O) groups excluding carboxylic acids is 1. The summed E-state index contributed by atoms with van der Waals surface area (Å²) in [6.07, 6.45) is 4.18. The van der Waals surface area contributed by atoms with Crippen LogP contribution in [0.15, 0.2) is 36.4 Å². The molecule has 1 unspecified atom stereocenters. The molecule has 1 rings (SSSR count). The molecule has 0 bridgehead atoms. The molecular formula is C16H24O2Si. The lowest BCUT2D eigenvalue weighted by Gasteiger charge is -2.33. The van der Waals surface area contributed by atoms with Gasteiger partial charge in [0.15, 0.2) is 14.1 Å². The van der Waals surface area contributed by atoms with Gasteiger partial charge in [0.1, 0.15) is 5.60 Å². The summed E-state index contributed by atoms with van der Waals surface area (Å²) >= 11 is 0. The van der Waals surface area contributed by atoms with Crippen molar-refractivity contribution in [3.63, 3.8) is 0 Å². The molecule has 0 amide bonds. The minimum atomic E-state index is -1.74. The molecule has 0 saturated carbocycles. The minimum absolute atomic E-state index is 0.0429. The van der Waals surface area contributed by atoms with E-state index in [-0.39, 0.29) is 5.78 Å². The van der Waals surface area contributed by atoms with Crippen molar-refractivity contribution in [3.05, 3.63) is 42.0 Å². The first-order valence-electron chi connectivity index (χ1n) is 6.74. The van der Waals surface area contributed by atoms with Crippen molar-refractivity contribution in [1.29, 1.82) is 0 Å². The molecule has 2 nitrogen and oxygen atoms in total. The van der Waals surface area contributed by atoms with E-state index >= 15 is 0 Å². The van der Waals surface area contributed by atoms with Crippen LogP contribution in [0, 0.1) is 0 Å². The van der Waals surface area contributed by atoms with Crippen molar-refractivity contribution in [3.8, 4) is 0 Å². The second-order valence-electron chi connectivity index (χ2n) is 5.91. The third-order valence-electron chi connectivity index (χ3n) is 2.95. The number of benzene rings is 1. The second kappa shape index (κ2) is 6.31. The van der Waals surface area contributed by atoms with Crippen LogP contribution in [0.2, 0.25) is 19.6 Å². The maximum absolute atomic E-state index is 12.4. The molecule has 3 heteroatoms. The van der Waals surface area contributed by atoms with E-state index in [4.69, 9.17) is 4.43 Å². The van der Waals surface area contributed by atoms with E-state index in [1.54, 1.807) is 6.08 Å². The van der Waals surface area contributed by atoms with E-state index in [9.17, 15) is 4.79 Å². The molecule has 0 heterocycles. The van der Waals surface area contributed by atoms with Crippen molar-refractivity contribution in [2.75, 3.05) is 0 Å². The maximum atomic E-state index is 12.4. The first-order chi connectivity index (χ1) is 8.77. The molecule has 0 saturated heterocycles. The highest BCUT2D eigenvalue weighted by atomic mass is 28.4. The third-order valence-corrected chi connectivity index (χ3v) is 4.02. The summed E-state index contributed by atoms with van der Waals surface area (Å²) in [6.45, 7) is 10.2. The highest BCUT2D eigenvalue weighted by molar-refractivity contribution is 6.70. The average Bonchev–Trinajstić information content (AvgIpc) is 2.35. The molecule has 0 aliphatic carbocycles. The van der Waals surface area contributed by atoms with E-state index in [0.29, 0.717) is 6.42 Å². The molecule has 19 heavy (non-hydrogen) atoms. The van der Waals surface area contributed by atoms with Crippen molar-refractivity contribution < 1.29 is 9.22 Å². The number of rotatable bonds is 6. The molecular weight excluding hydrogens is 252 g/mol. The predicted molar refractivity (Wildman–Crippen MR) is 83.6 cm³/mol. The molecule has 0 radical (unpaired) electrons. The predicted octanol–water partition coefficient (Wildman–Crippen LogP) is 4.29. The van der Waals surface area contributed by atoms with Gasteiger partial charge in [0, 0.05) is 0 Å². The van der Waals surface area contributed by atoms with Crippen LogP contribution in [0.25, 0.3) is 6.08 Å². The third kappa shape index (κ3) is 5.13. The number of ketones is 1. The highest BCUT2D eigenvalue weighted by Crippen LogP contribution is 2.23. The van der Waals surface area contributed by atoms with Gasteiger partial charge in [0.2, 0.25) is 0 Å². The van der Waals surface area contributed by atoms with Crippen molar-refractivity contribution in [2.24, 2.45) is 0 Å². The van der Waals surface area contributed by atoms with Crippen LogP contribution in [-0.2, 0) is 9.22 Å². The Morgan fingerprint density at radius 1 is 1.26 bits per heavy atom. The fourth-order valence-electron chi connectivity index (χ4n) is 1.88. The molecule has 1 aromatic rings. The van der Waals surface area contributed by atoms with Crippen molar-refractivity contribution in [1.82, 2.24) is 0 Å². The zero-order valence-electron chi connectivity index (χ0n) is 12.6. The Morgan fingerprint density at radius 3 is 2.32 bits per heavy atom. The van der Waals surface area contributed by atoms with Gasteiger partial charge >= 0.3 is 0 Å². The monoisotopic (exact) mass is 276 g/mol. The summed E-state index contributed by atoms with van der Waals surface area (Å²) in [5.41, 5.74) is 0.331. The van der Waals surface area contributed by atoms with E-state index in [1.807, 2.05) is 50.3 Å². The Labute approximate surface area is 117 Å². The number of hydrogen-bond acceptors (Lipinski definition) is 2. The molecule has 0 fully saturated rings.